The van der Waals surface area contributed by atoms with Gasteiger partial charge in [-0.15, -0.1) is 0 Å². The topological polar surface area (TPSA) is 75.0 Å². The predicted molar refractivity (Wildman–Crippen MR) is 110 cm³/mol. The molecule has 2 unspecified atom stereocenters. The van der Waals surface area contributed by atoms with E-state index in [2.05, 4.69) is 0 Å². The number of ether oxygens (including phenoxy) is 3. The van der Waals surface area contributed by atoms with Crippen LogP contribution in [-0.4, -0.2) is 18.2 Å². The Labute approximate surface area is 169 Å². The zero-order chi connectivity index (χ0) is 21.0. The number of esters is 1. The molecule has 0 amide bonds. The molecule has 2 aromatic carbocycles. The second-order valence-corrected chi connectivity index (χ2v) is 6.92. The second kappa shape index (κ2) is 8.82. The van der Waals surface area contributed by atoms with Crippen LogP contribution >= 0.6 is 0 Å². The third-order valence-corrected chi connectivity index (χ3v) is 4.47. The van der Waals surface area contributed by atoms with Crippen molar-refractivity contribution in [2.75, 3.05) is 0 Å². The molecule has 0 radical (unpaired) electrons. The van der Waals surface area contributed by atoms with Crippen molar-refractivity contribution >= 4 is 16.9 Å². The highest BCUT2D eigenvalue weighted by atomic mass is 16.6. The third kappa shape index (κ3) is 4.96. The molecule has 0 saturated carbocycles. The lowest BCUT2D eigenvalue weighted by molar-refractivity contribution is -0.155. The van der Waals surface area contributed by atoms with E-state index in [0.717, 1.165) is 12.0 Å². The first-order valence-corrected chi connectivity index (χ1v) is 9.54. The van der Waals surface area contributed by atoms with Gasteiger partial charge in [-0.05, 0) is 57.0 Å². The van der Waals surface area contributed by atoms with Crippen LogP contribution in [0.25, 0.3) is 11.0 Å². The maximum absolute atomic E-state index is 12.7. The Hall–Kier alpha value is -3.28. The van der Waals surface area contributed by atoms with Crippen LogP contribution < -0.4 is 14.9 Å². The average molecular weight is 396 g/mol. The maximum Gasteiger partial charge on any atom is 0.347 e. The van der Waals surface area contributed by atoms with Crippen molar-refractivity contribution in [1.29, 1.82) is 0 Å². The Balaban J connectivity index is 1.79. The summed E-state index contributed by atoms with van der Waals surface area (Å²) in [4.78, 5) is 24.8. The lowest BCUT2D eigenvalue weighted by Gasteiger charge is -2.17. The van der Waals surface area contributed by atoms with Gasteiger partial charge in [0.1, 0.15) is 23.3 Å². The van der Waals surface area contributed by atoms with Crippen LogP contribution in [0.4, 0.5) is 0 Å². The van der Waals surface area contributed by atoms with E-state index in [1.54, 1.807) is 31.2 Å². The first-order chi connectivity index (χ1) is 13.9. The van der Waals surface area contributed by atoms with Gasteiger partial charge in [-0.3, -0.25) is 4.79 Å². The van der Waals surface area contributed by atoms with Gasteiger partial charge >= 0.3 is 5.97 Å². The molecule has 2 atom stereocenters. The van der Waals surface area contributed by atoms with Gasteiger partial charge in [0.25, 0.3) is 0 Å². The molecule has 1 heterocycles. The monoisotopic (exact) mass is 396 g/mol. The fourth-order valence-corrected chi connectivity index (χ4v) is 2.67. The summed E-state index contributed by atoms with van der Waals surface area (Å²) in [5.41, 5.74) is 1.07. The normalized spacial score (nSPS) is 13.0. The first-order valence-electron chi connectivity index (χ1n) is 9.54. The molecule has 0 aliphatic heterocycles. The van der Waals surface area contributed by atoms with Gasteiger partial charge in [0.2, 0.25) is 11.2 Å². The molecule has 0 aliphatic carbocycles. The van der Waals surface area contributed by atoms with Crippen LogP contribution in [0.1, 0.15) is 32.8 Å². The largest absolute Gasteiger partial charge is 0.479 e. The average Bonchev–Trinajstić information content (AvgIpc) is 2.70. The van der Waals surface area contributed by atoms with Crippen LogP contribution in [0, 0.1) is 6.92 Å². The summed E-state index contributed by atoms with van der Waals surface area (Å²) in [6, 6.07) is 12.2. The highest BCUT2D eigenvalue weighted by molar-refractivity contribution is 5.79. The summed E-state index contributed by atoms with van der Waals surface area (Å²) in [5.74, 6) is 0.622. The van der Waals surface area contributed by atoms with E-state index in [9.17, 15) is 9.59 Å². The molecular formula is C23H24O6. The Morgan fingerprint density at radius 2 is 1.90 bits per heavy atom. The Morgan fingerprint density at radius 3 is 2.62 bits per heavy atom. The molecule has 152 valence electrons. The van der Waals surface area contributed by atoms with Gasteiger partial charge in [0.05, 0.1) is 11.5 Å². The van der Waals surface area contributed by atoms with Crippen LogP contribution in [0.15, 0.2) is 57.9 Å². The van der Waals surface area contributed by atoms with E-state index in [-0.39, 0.29) is 17.3 Å². The van der Waals surface area contributed by atoms with E-state index in [1.165, 1.54) is 6.26 Å². The van der Waals surface area contributed by atoms with Crippen LogP contribution in [0.3, 0.4) is 0 Å². The molecule has 3 rings (SSSR count). The zero-order valence-corrected chi connectivity index (χ0v) is 16.9. The number of carbonyl (C=O) groups excluding carboxylic acids is 1. The minimum absolute atomic E-state index is 0.0993. The molecule has 3 aromatic rings. The van der Waals surface area contributed by atoms with E-state index < -0.39 is 12.1 Å². The molecule has 29 heavy (non-hydrogen) atoms. The highest BCUT2D eigenvalue weighted by Gasteiger charge is 2.19. The van der Waals surface area contributed by atoms with Crippen LogP contribution in [0.2, 0.25) is 0 Å². The number of fused-ring (bicyclic) bond motifs is 1. The molecule has 0 N–H and O–H groups in total. The summed E-state index contributed by atoms with van der Waals surface area (Å²) in [6.45, 7) is 7.32. The first kappa shape index (κ1) is 20.5. The molecule has 6 nitrogen and oxygen atoms in total. The van der Waals surface area contributed by atoms with Crippen molar-refractivity contribution in [3.63, 3.8) is 0 Å². The van der Waals surface area contributed by atoms with Gasteiger partial charge in [-0.1, -0.05) is 19.1 Å². The van der Waals surface area contributed by atoms with Gasteiger partial charge in [-0.25, -0.2) is 4.79 Å². The Kier molecular flexibility index (Phi) is 6.22. The zero-order valence-electron chi connectivity index (χ0n) is 16.9. The smallest absolute Gasteiger partial charge is 0.347 e. The van der Waals surface area contributed by atoms with Crippen LogP contribution in [-0.2, 0) is 9.53 Å². The van der Waals surface area contributed by atoms with Crippen molar-refractivity contribution in [2.24, 2.45) is 0 Å². The van der Waals surface area contributed by atoms with E-state index in [4.69, 9.17) is 18.6 Å². The molecule has 0 saturated heterocycles. The third-order valence-electron chi connectivity index (χ3n) is 4.47. The maximum atomic E-state index is 12.7. The Bertz CT molecular complexity index is 1070. The number of hydrogen-bond acceptors (Lipinski definition) is 6. The fraction of sp³-hybridized carbons (Fsp3) is 0.304. The molecule has 0 fully saturated rings. The number of carbonyl (C=O) groups is 1. The number of hydrogen-bond donors (Lipinski definition) is 0. The molecule has 0 aliphatic rings. The summed E-state index contributed by atoms with van der Waals surface area (Å²) in [5, 5.41) is 0.359. The van der Waals surface area contributed by atoms with E-state index >= 15 is 0 Å². The van der Waals surface area contributed by atoms with E-state index in [1.807, 2.05) is 39.0 Å². The molecule has 6 heteroatoms. The van der Waals surface area contributed by atoms with Crippen molar-refractivity contribution < 1.29 is 23.4 Å². The number of rotatable bonds is 7. The Morgan fingerprint density at radius 1 is 1.10 bits per heavy atom. The van der Waals surface area contributed by atoms with Crippen LogP contribution in [0.5, 0.6) is 17.2 Å². The molecule has 0 spiro atoms. The summed E-state index contributed by atoms with van der Waals surface area (Å²) in [7, 11) is 0. The fourth-order valence-electron chi connectivity index (χ4n) is 2.67. The number of benzene rings is 2. The van der Waals surface area contributed by atoms with Gasteiger partial charge in [-0.2, -0.15) is 0 Å². The van der Waals surface area contributed by atoms with E-state index in [0.29, 0.717) is 22.5 Å². The van der Waals surface area contributed by atoms with Crippen molar-refractivity contribution in [3.8, 4) is 17.2 Å². The van der Waals surface area contributed by atoms with Crippen molar-refractivity contribution in [1.82, 2.24) is 0 Å². The molecule has 1 aromatic heterocycles. The van der Waals surface area contributed by atoms with Crippen molar-refractivity contribution in [3.05, 3.63) is 64.5 Å². The molecule has 0 bridgehead atoms. The minimum Gasteiger partial charge on any atom is -0.479 e. The quantitative estimate of drug-likeness (QED) is 0.523. The number of aryl methyl sites for hydroxylation is 1. The summed E-state index contributed by atoms with van der Waals surface area (Å²) >= 11 is 0. The molecular weight excluding hydrogens is 372 g/mol. The second-order valence-electron chi connectivity index (χ2n) is 6.92. The SMILES string of the molecule is CCC(C)OC(=O)C(C)Oc1ccc2c(=O)c(Oc3cccc(C)c3)coc2c1. The summed E-state index contributed by atoms with van der Waals surface area (Å²) in [6.07, 6.45) is 1.05. The lowest BCUT2D eigenvalue weighted by atomic mass is 10.2. The predicted octanol–water partition coefficient (Wildman–Crippen LogP) is 5.00. The minimum atomic E-state index is -0.780. The van der Waals surface area contributed by atoms with Gasteiger partial charge in [0.15, 0.2) is 6.10 Å². The summed E-state index contributed by atoms with van der Waals surface area (Å²) < 4.78 is 22.2. The van der Waals surface area contributed by atoms with Gasteiger partial charge < -0.3 is 18.6 Å². The standard InChI is InChI=1S/C23H24O6/c1-5-15(3)27-23(25)16(4)28-18-9-10-19-20(12-18)26-13-21(22(19)24)29-17-8-6-7-14(2)11-17/h6-13,15-16H,5H2,1-4H3. The van der Waals surface area contributed by atoms with Crippen molar-refractivity contribution in [2.45, 2.75) is 46.3 Å². The van der Waals surface area contributed by atoms with Gasteiger partial charge in [0, 0.05) is 6.07 Å². The lowest BCUT2D eigenvalue weighted by Crippen LogP contribution is -2.29. The highest BCUT2D eigenvalue weighted by Crippen LogP contribution is 2.25.